The Morgan fingerprint density at radius 2 is 1.89 bits per heavy atom. The number of nitrogens with zero attached hydrogens (tertiary/aromatic N) is 1. The second kappa shape index (κ2) is 5.81. The summed E-state index contributed by atoms with van der Waals surface area (Å²) in [5, 5.41) is 19.3. The van der Waals surface area contributed by atoms with Crippen molar-refractivity contribution in [2.24, 2.45) is 0 Å². The summed E-state index contributed by atoms with van der Waals surface area (Å²) in [6.45, 7) is 7.81. The van der Waals surface area contributed by atoms with Crippen LogP contribution in [0.25, 0.3) is 0 Å². The van der Waals surface area contributed by atoms with E-state index in [-0.39, 0.29) is 6.09 Å². The van der Waals surface area contributed by atoms with E-state index in [9.17, 15) is 9.90 Å². The van der Waals surface area contributed by atoms with Gasteiger partial charge < -0.3 is 19.8 Å². The summed E-state index contributed by atoms with van der Waals surface area (Å²) in [5.41, 5.74) is -1.63. The Bertz CT molecular complexity index is 378. The van der Waals surface area contributed by atoms with Crippen molar-refractivity contribution in [2.45, 2.75) is 57.8 Å². The zero-order valence-corrected chi connectivity index (χ0v) is 12.1. The number of ether oxygens (including phenoxy) is 1. The van der Waals surface area contributed by atoms with Crippen LogP contribution in [0.15, 0.2) is 0 Å². The summed E-state index contributed by atoms with van der Waals surface area (Å²) in [4.78, 5) is 13.4. The van der Waals surface area contributed by atoms with Crippen LogP contribution < -0.4 is 0 Å². The lowest BCUT2D eigenvalue weighted by molar-refractivity contribution is -0.00528. The molecule has 0 aromatic carbocycles. The molecule has 1 unspecified atom stereocenters. The molecular weight excluding hydrogens is 246 g/mol. The van der Waals surface area contributed by atoms with Gasteiger partial charge in [-0.15, -0.1) is 0 Å². The normalized spacial score (nSPS) is 20.2. The number of piperidine rings is 1. The average Bonchev–Trinajstić information content (AvgIpc) is 2.25. The molecule has 1 fully saturated rings. The van der Waals surface area contributed by atoms with Crippen LogP contribution in [0.2, 0.25) is 0 Å². The fourth-order valence-electron chi connectivity index (χ4n) is 1.75. The highest BCUT2D eigenvalue weighted by Gasteiger charge is 2.34. The third kappa shape index (κ3) is 5.50. The minimum absolute atomic E-state index is 0.363. The van der Waals surface area contributed by atoms with E-state index in [0.29, 0.717) is 25.9 Å². The van der Waals surface area contributed by atoms with Gasteiger partial charge in [-0.05, 0) is 27.7 Å². The molecule has 1 aliphatic rings. The second-order valence-electron chi connectivity index (χ2n) is 5.94. The van der Waals surface area contributed by atoms with E-state index in [0.717, 1.165) is 0 Å². The molecule has 0 bridgehead atoms. The molecule has 2 N–H and O–H groups in total. The largest absolute Gasteiger partial charge is 0.444 e. The third-order valence-electron chi connectivity index (χ3n) is 2.76. The molecular formula is C14H23NO4. The minimum atomic E-state index is -1.12. The van der Waals surface area contributed by atoms with Crippen LogP contribution in [0.4, 0.5) is 4.79 Å². The number of likely N-dealkylation sites (tertiary alicyclic amines) is 1. The molecule has 19 heavy (non-hydrogen) atoms. The Hall–Kier alpha value is -1.25. The number of aliphatic hydroxyl groups excluding tert-OH is 1. The van der Waals surface area contributed by atoms with Crippen molar-refractivity contribution in [1.82, 2.24) is 4.90 Å². The maximum absolute atomic E-state index is 11.8. The van der Waals surface area contributed by atoms with E-state index < -0.39 is 17.3 Å². The summed E-state index contributed by atoms with van der Waals surface area (Å²) in [5.74, 6) is 5.24. The molecule has 0 aliphatic carbocycles. The molecule has 1 atom stereocenters. The van der Waals surface area contributed by atoms with Gasteiger partial charge in [-0.1, -0.05) is 11.8 Å². The van der Waals surface area contributed by atoms with Gasteiger partial charge in [-0.3, -0.25) is 0 Å². The van der Waals surface area contributed by atoms with Gasteiger partial charge in [0.2, 0.25) is 0 Å². The molecule has 5 nitrogen and oxygen atoms in total. The zero-order valence-electron chi connectivity index (χ0n) is 12.1. The van der Waals surface area contributed by atoms with E-state index in [1.165, 1.54) is 0 Å². The summed E-state index contributed by atoms with van der Waals surface area (Å²) in [6.07, 6.45) is -0.385. The van der Waals surface area contributed by atoms with Gasteiger partial charge in [-0.2, -0.15) is 0 Å². The summed E-state index contributed by atoms with van der Waals surface area (Å²) in [6, 6.07) is 0. The van der Waals surface area contributed by atoms with Crippen molar-refractivity contribution in [2.75, 3.05) is 13.1 Å². The Morgan fingerprint density at radius 1 is 1.37 bits per heavy atom. The Labute approximate surface area is 114 Å². The van der Waals surface area contributed by atoms with Crippen molar-refractivity contribution >= 4 is 6.09 Å². The van der Waals surface area contributed by atoms with E-state index in [1.54, 1.807) is 11.8 Å². The molecule has 1 rings (SSSR count). The molecule has 0 aromatic heterocycles. The topological polar surface area (TPSA) is 70.0 Å². The van der Waals surface area contributed by atoms with Crippen molar-refractivity contribution in [3.8, 4) is 11.8 Å². The van der Waals surface area contributed by atoms with Gasteiger partial charge in [0.05, 0.1) is 0 Å². The molecule has 0 aromatic rings. The monoisotopic (exact) mass is 269 g/mol. The number of carbonyl (C=O) groups is 1. The van der Waals surface area contributed by atoms with E-state index in [4.69, 9.17) is 9.84 Å². The van der Waals surface area contributed by atoms with Gasteiger partial charge in [0.25, 0.3) is 0 Å². The van der Waals surface area contributed by atoms with Crippen LogP contribution in [0.5, 0.6) is 0 Å². The molecule has 0 radical (unpaired) electrons. The van der Waals surface area contributed by atoms with Crippen molar-refractivity contribution in [1.29, 1.82) is 0 Å². The number of carbonyl (C=O) groups excluding carboxylic acids is 1. The standard InChI is InChI=1S/C14H23NO4/c1-11(16)5-6-14(18)7-9-15(10-8-14)12(17)19-13(2,3)4/h11,16,18H,7-10H2,1-4H3. The highest BCUT2D eigenvalue weighted by molar-refractivity contribution is 5.68. The van der Waals surface area contributed by atoms with Gasteiger partial charge in [0, 0.05) is 25.9 Å². The molecule has 108 valence electrons. The minimum Gasteiger partial charge on any atom is -0.444 e. The molecule has 1 heterocycles. The lowest BCUT2D eigenvalue weighted by atomic mass is 9.92. The van der Waals surface area contributed by atoms with E-state index in [2.05, 4.69) is 11.8 Å². The van der Waals surface area contributed by atoms with E-state index in [1.807, 2.05) is 20.8 Å². The van der Waals surface area contributed by atoms with Crippen molar-refractivity contribution in [3.63, 3.8) is 0 Å². The third-order valence-corrected chi connectivity index (χ3v) is 2.76. The number of aliphatic hydroxyl groups is 2. The van der Waals surface area contributed by atoms with Crippen molar-refractivity contribution in [3.05, 3.63) is 0 Å². The van der Waals surface area contributed by atoms with Gasteiger partial charge in [0.1, 0.15) is 17.3 Å². The first-order valence-electron chi connectivity index (χ1n) is 6.52. The maximum atomic E-state index is 11.8. The SMILES string of the molecule is CC(O)C#CC1(O)CCN(C(=O)OC(C)(C)C)CC1. The van der Waals surface area contributed by atoms with Crippen LogP contribution in [0.1, 0.15) is 40.5 Å². The van der Waals surface area contributed by atoms with E-state index >= 15 is 0 Å². The Balaban J connectivity index is 2.54. The molecule has 0 saturated carbocycles. The smallest absolute Gasteiger partial charge is 0.410 e. The van der Waals surface area contributed by atoms with Crippen LogP contribution in [0.3, 0.4) is 0 Å². The fourth-order valence-corrected chi connectivity index (χ4v) is 1.75. The average molecular weight is 269 g/mol. The molecule has 1 aliphatic heterocycles. The molecule has 0 spiro atoms. The Kier molecular flexibility index (Phi) is 4.83. The maximum Gasteiger partial charge on any atom is 0.410 e. The number of amides is 1. The number of hydrogen-bond acceptors (Lipinski definition) is 4. The van der Waals surface area contributed by atoms with Crippen LogP contribution in [-0.4, -0.2) is 51.6 Å². The predicted molar refractivity (Wildman–Crippen MR) is 71.4 cm³/mol. The van der Waals surface area contributed by atoms with Gasteiger partial charge in [0.15, 0.2) is 0 Å². The highest BCUT2D eigenvalue weighted by atomic mass is 16.6. The molecule has 5 heteroatoms. The first kappa shape index (κ1) is 15.8. The van der Waals surface area contributed by atoms with Crippen LogP contribution in [0, 0.1) is 11.8 Å². The van der Waals surface area contributed by atoms with Gasteiger partial charge in [-0.25, -0.2) is 4.79 Å². The highest BCUT2D eigenvalue weighted by Crippen LogP contribution is 2.23. The molecule has 1 saturated heterocycles. The van der Waals surface area contributed by atoms with Crippen LogP contribution >= 0.6 is 0 Å². The quantitative estimate of drug-likeness (QED) is 0.647. The number of rotatable bonds is 0. The lowest BCUT2D eigenvalue weighted by Gasteiger charge is -2.35. The second-order valence-corrected chi connectivity index (χ2v) is 5.94. The fraction of sp³-hybridized carbons (Fsp3) is 0.786. The first-order chi connectivity index (χ1) is 8.61. The van der Waals surface area contributed by atoms with Gasteiger partial charge >= 0.3 is 6.09 Å². The Morgan fingerprint density at radius 3 is 2.32 bits per heavy atom. The van der Waals surface area contributed by atoms with Crippen molar-refractivity contribution < 1.29 is 19.7 Å². The zero-order chi connectivity index (χ0) is 14.7. The first-order valence-corrected chi connectivity index (χ1v) is 6.52. The summed E-state index contributed by atoms with van der Waals surface area (Å²) < 4.78 is 5.27. The number of hydrogen-bond donors (Lipinski definition) is 2. The molecule has 1 amide bonds. The summed E-state index contributed by atoms with van der Waals surface area (Å²) >= 11 is 0. The lowest BCUT2D eigenvalue weighted by Crippen LogP contribution is -2.47. The predicted octanol–water partition coefficient (Wildman–Crippen LogP) is 1.13. The summed E-state index contributed by atoms with van der Waals surface area (Å²) in [7, 11) is 0. The van der Waals surface area contributed by atoms with Crippen LogP contribution in [-0.2, 0) is 4.74 Å².